The third-order valence-electron chi connectivity index (χ3n) is 3.93. The van der Waals surface area contributed by atoms with Crippen LogP contribution in [0.4, 0.5) is 5.69 Å². The van der Waals surface area contributed by atoms with Gasteiger partial charge in [0.1, 0.15) is 5.76 Å². The number of ether oxygens (including phenoxy) is 1. The number of hydrogen-bond acceptors (Lipinski definition) is 5. The van der Waals surface area contributed by atoms with Crippen LogP contribution in [0.1, 0.15) is 17.2 Å². The first kappa shape index (κ1) is 15.8. The smallest absolute Gasteiger partial charge is 0.380 e. The molecule has 122 valence electrons. The van der Waals surface area contributed by atoms with Crippen LogP contribution in [-0.2, 0) is 14.3 Å². The summed E-state index contributed by atoms with van der Waals surface area (Å²) < 4.78 is 5.20. The molecule has 1 saturated heterocycles. The van der Waals surface area contributed by atoms with E-state index in [0.29, 0.717) is 11.1 Å². The Kier molecular flexibility index (Phi) is 4.08. The van der Waals surface area contributed by atoms with Gasteiger partial charge in [-0.2, -0.15) is 0 Å². The summed E-state index contributed by atoms with van der Waals surface area (Å²) >= 11 is 0. The number of anilines is 1. The number of nitrogens with zero attached hydrogens (tertiary/aromatic N) is 1. The van der Waals surface area contributed by atoms with E-state index < -0.39 is 17.9 Å². The van der Waals surface area contributed by atoms with Gasteiger partial charge in [-0.15, -0.1) is 0 Å². The molecule has 1 aliphatic rings. The highest BCUT2D eigenvalue weighted by molar-refractivity contribution is 6.44. The summed E-state index contributed by atoms with van der Waals surface area (Å²) in [6.07, 6.45) is -0.901. The van der Waals surface area contributed by atoms with E-state index in [1.54, 1.807) is 42.5 Å². The van der Waals surface area contributed by atoms with Crippen molar-refractivity contribution in [3.63, 3.8) is 0 Å². The molecule has 1 heterocycles. The molecule has 0 radical (unpaired) electrons. The Balaban J connectivity index is 2.06. The highest BCUT2D eigenvalue weighted by Gasteiger charge is 2.42. The zero-order valence-electron chi connectivity index (χ0n) is 13.4. The van der Waals surface area contributed by atoms with E-state index in [1.165, 1.54) is 0 Å². The number of carbonyl (C=O) groups excluding carboxylic acids is 2. The highest BCUT2D eigenvalue weighted by atomic mass is 16.6. The van der Waals surface area contributed by atoms with E-state index in [-0.39, 0.29) is 11.3 Å². The molecule has 2 aromatic carbocycles. The summed E-state index contributed by atoms with van der Waals surface area (Å²) in [4.78, 5) is 25.9. The van der Waals surface area contributed by atoms with Gasteiger partial charge in [0.25, 0.3) is 5.78 Å². The number of carbonyl (C=O) groups is 2. The van der Waals surface area contributed by atoms with Crippen LogP contribution in [0.3, 0.4) is 0 Å². The van der Waals surface area contributed by atoms with Crippen LogP contribution in [0, 0.1) is 0 Å². The second-order valence-corrected chi connectivity index (χ2v) is 5.73. The predicted molar refractivity (Wildman–Crippen MR) is 90.6 cm³/mol. The van der Waals surface area contributed by atoms with Gasteiger partial charge >= 0.3 is 5.97 Å². The number of aliphatic hydroxyl groups excluding tert-OH is 1. The number of rotatable bonds is 3. The van der Waals surface area contributed by atoms with Crippen molar-refractivity contribution in [2.75, 3.05) is 19.0 Å². The normalized spacial score (nSPS) is 19.2. The molecule has 0 bridgehead atoms. The fourth-order valence-corrected chi connectivity index (χ4v) is 2.61. The second kappa shape index (κ2) is 6.20. The summed E-state index contributed by atoms with van der Waals surface area (Å²) in [5, 5.41) is 10.5. The summed E-state index contributed by atoms with van der Waals surface area (Å²) in [6.45, 7) is 0. The van der Waals surface area contributed by atoms with E-state index in [0.717, 1.165) is 5.69 Å². The monoisotopic (exact) mass is 323 g/mol. The minimum absolute atomic E-state index is 0.0243. The Morgan fingerprint density at radius 2 is 1.62 bits per heavy atom. The van der Waals surface area contributed by atoms with Gasteiger partial charge in [0.2, 0.25) is 0 Å². The van der Waals surface area contributed by atoms with Crippen molar-refractivity contribution in [2.24, 2.45) is 0 Å². The molecule has 3 rings (SSSR count). The third kappa shape index (κ3) is 2.76. The number of esters is 1. The van der Waals surface area contributed by atoms with E-state index in [9.17, 15) is 14.7 Å². The molecule has 1 unspecified atom stereocenters. The summed E-state index contributed by atoms with van der Waals surface area (Å²) in [5.74, 6) is -1.99. The fourth-order valence-electron chi connectivity index (χ4n) is 2.61. The molecular formula is C19H17NO4. The minimum Gasteiger partial charge on any atom is -0.507 e. The topological polar surface area (TPSA) is 66.8 Å². The van der Waals surface area contributed by atoms with Crippen molar-refractivity contribution in [1.29, 1.82) is 0 Å². The van der Waals surface area contributed by atoms with Crippen molar-refractivity contribution >= 4 is 23.2 Å². The number of Topliss-reactive ketones (excluding diaryl/α,β-unsaturated/α-hetero) is 1. The Labute approximate surface area is 139 Å². The molecule has 1 aliphatic heterocycles. The highest BCUT2D eigenvalue weighted by Crippen LogP contribution is 2.37. The SMILES string of the molecule is CN(C)c1ccc(C2OC(=O)C(=O)C2=C(O)c2ccccc2)cc1. The number of ketones is 1. The largest absolute Gasteiger partial charge is 0.507 e. The summed E-state index contributed by atoms with van der Waals surface area (Å²) in [6, 6.07) is 15.9. The van der Waals surface area contributed by atoms with E-state index >= 15 is 0 Å². The van der Waals surface area contributed by atoms with E-state index in [1.807, 2.05) is 31.1 Å². The van der Waals surface area contributed by atoms with Crippen LogP contribution in [0.15, 0.2) is 60.2 Å². The second-order valence-electron chi connectivity index (χ2n) is 5.73. The number of aliphatic hydroxyl groups is 1. The molecule has 0 spiro atoms. The average molecular weight is 323 g/mol. The van der Waals surface area contributed by atoms with Crippen LogP contribution >= 0.6 is 0 Å². The van der Waals surface area contributed by atoms with Gasteiger partial charge in [0, 0.05) is 25.3 Å². The number of hydrogen-bond donors (Lipinski definition) is 1. The van der Waals surface area contributed by atoms with Gasteiger partial charge in [-0.25, -0.2) is 4.79 Å². The van der Waals surface area contributed by atoms with Gasteiger partial charge in [-0.05, 0) is 17.7 Å². The quantitative estimate of drug-likeness (QED) is 0.407. The molecule has 24 heavy (non-hydrogen) atoms. The van der Waals surface area contributed by atoms with Crippen molar-refractivity contribution < 1.29 is 19.4 Å². The lowest BCUT2D eigenvalue weighted by Gasteiger charge is -2.16. The van der Waals surface area contributed by atoms with E-state index in [2.05, 4.69) is 0 Å². The minimum atomic E-state index is -0.950. The first-order valence-corrected chi connectivity index (χ1v) is 7.50. The van der Waals surface area contributed by atoms with Crippen molar-refractivity contribution in [3.05, 3.63) is 71.3 Å². The Morgan fingerprint density at radius 1 is 1.00 bits per heavy atom. The van der Waals surface area contributed by atoms with Crippen LogP contribution in [0.5, 0.6) is 0 Å². The molecule has 1 N–H and O–H groups in total. The molecule has 0 aliphatic carbocycles. The Bertz CT molecular complexity index is 807. The zero-order valence-corrected chi connectivity index (χ0v) is 13.4. The molecule has 0 aromatic heterocycles. The first-order chi connectivity index (χ1) is 11.5. The lowest BCUT2D eigenvalue weighted by Crippen LogP contribution is -2.09. The maximum absolute atomic E-state index is 12.2. The average Bonchev–Trinajstić information content (AvgIpc) is 2.90. The van der Waals surface area contributed by atoms with Crippen LogP contribution in [0.2, 0.25) is 0 Å². The maximum atomic E-state index is 12.2. The Hall–Kier alpha value is -3.08. The van der Waals surface area contributed by atoms with E-state index in [4.69, 9.17) is 4.74 Å². The van der Waals surface area contributed by atoms with Crippen LogP contribution < -0.4 is 4.90 Å². The lowest BCUT2D eigenvalue weighted by molar-refractivity contribution is -0.149. The molecular weight excluding hydrogens is 306 g/mol. The third-order valence-corrected chi connectivity index (χ3v) is 3.93. The zero-order chi connectivity index (χ0) is 17.3. The van der Waals surface area contributed by atoms with Crippen LogP contribution in [-0.4, -0.2) is 31.0 Å². The molecule has 2 aromatic rings. The lowest BCUT2D eigenvalue weighted by atomic mass is 9.96. The maximum Gasteiger partial charge on any atom is 0.380 e. The summed E-state index contributed by atoms with van der Waals surface area (Å²) in [5.41, 5.74) is 2.06. The van der Waals surface area contributed by atoms with Crippen LogP contribution in [0.25, 0.3) is 5.76 Å². The van der Waals surface area contributed by atoms with Crippen molar-refractivity contribution in [3.8, 4) is 0 Å². The fraction of sp³-hybridized carbons (Fsp3) is 0.158. The predicted octanol–water partition coefficient (Wildman–Crippen LogP) is 2.89. The summed E-state index contributed by atoms with van der Waals surface area (Å²) in [7, 11) is 3.83. The molecule has 0 amide bonds. The standard InChI is InChI=1S/C19H17NO4/c1-20(2)14-10-8-13(9-11-14)18-15(17(22)19(23)24-18)16(21)12-6-4-3-5-7-12/h3-11,18,21H,1-2H3. The molecule has 0 saturated carbocycles. The van der Waals surface area contributed by atoms with Gasteiger partial charge < -0.3 is 14.7 Å². The van der Waals surface area contributed by atoms with Gasteiger partial charge in [-0.3, -0.25) is 4.79 Å². The van der Waals surface area contributed by atoms with Gasteiger partial charge in [0.15, 0.2) is 6.10 Å². The van der Waals surface area contributed by atoms with Crippen molar-refractivity contribution in [1.82, 2.24) is 0 Å². The Morgan fingerprint density at radius 3 is 2.21 bits per heavy atom. The molecule has 5 nitrogen and oxygen atoms in total. The molecule has 1 atom stereocenters. The molecule has 5 heteroatoms. The molecule has 1 fully saturated rings. The van der Waals surface area contributed by atoms with Gasteiger partial charge in [-0.1, -0.05) is 42.5 Å². The van der Waals surface area contributed by atoms with Crippen molar-refractivity contribution in [2.45, 2.75) is 6.10 Å². The number of cyclic esters (lactones) is 1. The first-order valence-electron chi connectivity index (χ1n) is 7.50. The number of benzene rings is 2. The van der Waals surface area contributed by atoms with Gasteiger partial charge in [0.05, 0.1) is 5.57 Å².